The van der Waals surface area contributed by atoms with Crippen molar-refractivity contribution in [2.75, 3.05) is 32.8 Å². The third-order valence-electron chi connectivity index (χ3n) is 3.60. The molecule has 0 aromatic heterocycles. The van der Waals surface area contributed by atoms with Crippen LogP contribution in [0, 0.1) is 0 Å². The molecule has 20 heavy (non-hydrogen) atoms. The molecule has 0 spiro atoms. The summed E-state index contributed by atoms with van der Waals surface area (Å²) in [7, 11) is 0. The van der Waals surface area contributed by atoms with Crippen LogP contribution >= 0.6 is 0 Å². The lowest BCUT2D eigenvalue weighted by molar-refractivity contribution is -0.132. The molecule has 1 atom stereocenters. The van der Waals surface area contributed by atoms with Crippen molar-refractivity contribution in [3.63, 3.8) is 0 Å². The predicted octanol–water partition coefficient (Wildman–Crippen LogP) is 0.128. The van der Waals surface area contributed by atoms with Gasteiger partial charge < -0.3 is 15.0 Å². The second-order valence-electron chi connectivity index (χ2n) is 5.07. The minimum Gasteiger partial charge on any atom is -0.381 e. The van der Waals surface area contributed by atoms with Crippen molar-refractivity contribution in [2.45, 2.75) is 45.7 Å². The van der Waals surface area contributed by atoms with Gasteiger partial charge in [0.25, 0.3) is 0 Å². The summed E-state index contributed by atoms with van der Waals surface area (Å²) in [6.07, 6.45) is 1.72. The van der Waals surface area contributed by atoms with Gasteiger partial charge in [0, 0.05) is 32.3 Å². The fourth-order valence-electron chi connectivity index (χ4n) is 2.26. The van der Waals surface area contributed by atoms with Crippen molar-refractivity contribution >= 4 is 11.8 Å². The predicted molar refractivity (Wildman–Crippen MR) is 77.4 cm³/mol. The molecule has 1 aliphatic rings. The Hall–Kier alpha value is -1.14. The molecule has 6 nitrogen and oxygen atoms in total. The highest BCUT2D eigenvalue weighted by Gasteiger charge is 2.20. The summed E-state index contributed by atoms with van der Waals surface area (Å²) >= 11 is 0. The molecule has 2 amide bonds. The Morgan fingerprint density at radius 2 is 1.85 bits per heavy atom. The molecule has 1 unspecified atom stereocenters. The number of nitrogens with one attached hydrogen (secondary N) is 2. The molecule has 0 aliphatic carbocycles. The second kappa shape index (κ2) is 8.92. The van der Waals surface area contributed by atoms with E-state index in [0.717, 1.165) is 12.8 Å². The lowest BCUT2D eigenvalue weighted by atomic mass is 10.1. The van der Waals surface area contributed by atoms with E-state index in [0.29, 0.717) is 26.3 Å². The zero-order valence-electron chi connectivity index (χ0n) is 12.8. The number of carbonyl (C=O) groups is 2. The van der Waals surface area contributed by atoms with Crippen molar-refractivity contribution in [1.29, 1.82) is 0 Å². The van der Waals surface area contributed by atoms with E-state index in [9.17, 15) is 9.59 Å². The lowest BCUT2D eigenvalue weighted by Crippen LogP contribution is -2.49. The summed E-state index contributed by atoms with van der Waals surface area (Å²) in [6.45, 7) is 8.65. The zero-order valence-corrected chi connectivity index (χ0v) is 12.8. The molecule has 1 heterocycles. The van der Waals surface area contributed by atoms with Crippen LogP contribution in [0.2, 0.25) is 0 Å². The number of nitrogens with zero attached hydrogens (tertiary/aromatic N) is 1. The third-order valence-corrected chi connectivity index (χ3v) is 3.60. The smallest absolute Gasteiger partial charge is 0.239 e. The maximum Gasteiger partial charge on any atom is 0.239 e. The molecule has 2 N–H and O–H groups in total. The Labute approximate surface area is 121 Å². The summed E-state index contributed by atoms with van der Waals surface area (Å²) in [4.78, 5) is 25.6. The van der Waals surface area contributed by atoms with Gasteiger partial charge in [-0.2, -0.15) is 0 Å². The first kappa shape index (κ1) is 16.9. The average Bonchev–Trinajstić information content (AvgIpc) is 2.47. The van der Waals surface area contributed by atoms with Crippen LogP contribution in [0.3, 0.4) is 0 Å². The Bertz CT molecular complexity index is 313. The van der Waals surface area contributed by atoms with Crippen LogP contribution in [-0.2, 0) is 14.3 Å². The van der Waals surface area contributed by atoms with E-state index in [1.807, 2.05) is 13.8 Å². The van der Waals surface area contributed by atoms with Gasteiger partial charge in [-0.1, -0.05) is 0 Å². The normalized spacial score (nSPS) is 17.6. The molecule has 0 bridgehead atoms. The quantitative estimate of drug-likeness (QED) is 0.697. The van der Waals surface area contributed by atoms with E-state index in [4.69, 9.17) is 4.74 Å². The minimum atomic E-state index is -0.338. The van der Waals surface area contributed by atoms with E-state index in [2.05, 4.69) is 10.6 Å². The van der Waals surface area contributed by atoms with Crippen LogP contribution < -0.4 is 10.6 Å². The van der Waals surface area contributed by atoms with E-state index in [1.54, 1.807) is 11.8 Å². The fourth-order valence-corrected chi connectivity index (χ4v) is 2.26. The SMILES string of the molecule is CCN(CC)C(=O)C(C)NCC(=O)NC1CCOCC1. The Balaban J connectivity index is 2.27. The van der Waals surface area contributed by atoms with Crippen molar-refractivity contribution in [1.82, 2.24) is 15.5 Å². The highest BCUT2D eigenvalue weighted by molar-refractivity contribution is 5.83. The maximum absolute atomic E-state index is 12.0. The number of likely N-dealkylation sites (N-methyl/N-ethyl adjacent to an activating group) is 1. The average molecular weight is 285 g/mol. The topological polar surface area (TPSA) is 70.7 Å². The first-order valence-corrected chi connectivity index (χ1v) is 7.47. The molecule has 1 rings (SSSR count). The summed E-state index contributed by atoms with van der Waals surface area (Å²) in [5.41, 5.74) is 0. The van der Waals surface area contributed by atoms with Crippen LogP contribution in [0.4, 0.5) is 0 Å². The Morgan fingerprint density at radius 3 is 2.40 bits per heavy atom. The van der Waals surface area contributed by atoms with E-state index >= 15 is 0 Å². The van der Waals surface area contributed by atoms with Gasteiger partial charge in [-0.3, -0.25) is 14.9 Å². The molecular formula is C14H27N3O3. The van der Waals surface area contributed by atoms with Gasteiger partial charge in [0.1, 0.15) is 0 Å². The van der Waals surface area contributed by atoms with Gasteiger partial charge in [-0.15, -0.1) is 0 Å². The highest BCUT2D eigenvalue weighted by Crippen LogP contribution is 2.05. The molecule has 1 fully saturated rings. The Morgan fingerprint density at radius 1 is 1.25 bits per heavy atom. The number of carbonyl (C=O) groups excluding carboxylic acids is 2. The van der Waals surface area contributed by atoms with E-state index in [1.165, 1.54) is 0 Å². The van der Waals surface area contributed by atoms with Gasteiger partial charge in [0.15, 0.2) is 0 Å². The zero-order chi connectivity index (χ0) is 15.0. The lowest BCUT2D eigenvalue weighted by Gasteiger charge is -2.25. The van der Waals surface area contributed by atoms with Crippen molar-refractivity contribution in [2.24, 2.45) is 0 Å². The molecule has 116 valence electrons. The van der Waals surface area contributed by atoms with Gasteiger partial charge >= 0.3 is 0 Å². The van der Waals surface area contributed by atoms with Crippen LogP contribution in [0.15, 0.2) is 0 Å². The molecule has 0 aromatic rings. The van der Waals surface area contributed by atoms with Gasteiger partial charge in [0.05, 0.1) is 12.6 Å². The number of rotatable bonds is 7. The monoisotopic (exact) mass is 285 g/mol. The standard InChI is InChI=1S/C14H27N3O3/c1-4-17(5-2)14(19)11(3)15-10-13(18)16-12-6-8-20-9-7-12/h11-12,15H,4-10H2,1-3H3,(H,16,18). The third kappa shape index (κ3) is 5.46. The van der Waals surface area contributed by atoms with Crippen LogP contribution in [-0.4, -0.2) is 61.6 Å². The number of amides is 2. The van der Waals surface area contributed by atoms with Gasteiger partial charge in [0.2, 0.25) is 11.8 Å². The van der Waals surface area contributed by atoms with E-state index in [-0.39, 0.29) is 30.4 Å². The summed E-state index contributed by atoms with van der Waals surface area (Å²) in [5.74, 6) is -0.0232. The minimum absolute atomic E-state index is 0.0360. The molecule has 1 aliphatic heterocycles. The van der Waals surface area contributed by atoms with Crippen molar-refractivity contribution < 1.29 is 14.3 Å². The van der Waals surface area contributed by atoms with E-state index < -0.39 is 0 Å². The molecule has 0 aromatic carbocycles. The van der Waals surface area contributed by atoms with Crippen LogP contribution in [0.1, 0.15) is 33.6 Å². The first-order chi connectivity index (χ1) is 9.58. The van der Waals surface area contributed by atoms with Crippen LogP contribution in [0.5, 0.6) is 0 Å². The fraction of sp³-hybridized carbons (Fsp3) is 0.857. The summed E-state index contributed by atoms with van der Waals surface area (Å²) in [5, 5.41) is 5.95. The Kier molecular flexibility index (Phi) is 7.54. The molecule has 1 saturated heterocycles. The van der Waals surface area contributed by atoms with Gasteiger partial charge in [-0.25, -0.2) is 0 Å². The molecule has 0 saturated carbocycles. The van der Waals surface area contributed by atoms with Gasteiger partial charge in [-0.05, 0) is 33.6 Å². The summed E-state index contributed by atoms with van der Waals surface area (Å²) < 4.78 is 5.24. The van der Waals surface area contributed by atoms with Crippen LogP contribution in [0.25, 0.3) is 0 Å². The highest BCUT2D eigenvalue weighted by atomic mass is 16.5. The first-order valence-electron chi connectivity index (χ1n) is 7.47. The number of hydrogen-bond acceptors (Lipinski definition) is 4. The maximum atomic E-state index is 12.0. The van der Waals surface area contributed by atoms with Crippen molar-refractivity contribution in [3.05, 3.63) is 0 Å². The summed E-state index contributed by atoms with van der Waals surface area (Å²) in [6, 6.07) is -0.137. The number of hydrogen-bond donors (Lipinski definition) is 2. The molecule has 6 heteroatoms. The largest absolute Gasteiger partial charge is 0.381 e. The molecular weight excluding hydrogens is 258 g/mol. The van der Waals surface area contributed by atoms with Crippen molar-refractivity contribution in [3.8, 4) is 0 Å². The number of ether oxygens (including phenoxy) is 1. The molecule has 0 radical (unpaired) electrons. The second-order valence-corrected chi connectivity index (χ2v) is 5.07.